The van der Waals surface area contributed by atoms with Crippen molar-refractivity contribution in [2.75, 3.05) is 0 Å². The van der Waals surface area contributed by atoms with Gasteiger partial charge in [-0.05, 0) is 25.0 Å². The average molecular weight is 213 g/mol. The summed E-state index contributed by atoms with van der Waals surface area (Å²) >= 11 is 0. The first kappa shape index (κ1) is 12.1. The fraction of sp³-hybridized carbons (Fsp3) is 0.143. The topological polar surface area (TPSA) is 0 Å². The Morgan fingerprint density at radius 3 is 2.24 bits per heavy atom. The maximum absolute atomic E-state index is 6.18. The standard InChI is InChI=1S/C14H12B3/c1-9-10(2)14(15)12(8-13(9)17-16)11-6-4-3-5-7-11/h3-8H,1-2H3. The lowest BCUT2D eigenvalue weighted by molar-refractivity contribution is 1.39. The maximum atomic E-state index is 6.18. The van der Waals surface area contributed by atoms with E-state index in [0.29, 0.717) is 0 Å². The molecule has 2 rings (SSSR count). The van der Waals surface area contributed by atoms with Gasteiger partial charge in [-0.15, -0.1) is 0 Å². The third-order valence-electron chi connectivity index (χ3n) is 3.25. The Kier molecular flexibility index (Phi) is 3.47. The van der Waals surface area contributed by atoms with Crippen LogP contribution in [-0.2, 0) is 0 Å². The van der Waals surface area contributed by atoms with Gasteiger partial charge in [-0.25, -0.2) is 0 Å². The predicted molar refractivity (Wildman–Crippen MR) is 77.9 cm³/mol. The molecule has 0 atom stereocenters. The zero-order chi connectivity index (χ0) is 12.4. The van der Waals surface area contributed by atoms with Crippen LogP contribution in [-0.4, -0.2) is 22.8 Å². The quantitative estimate of drug-likeness (QED) is 0.656. The summed E-state index contributed by atoms with van der Waals surface area (Å²) in [6, 6.07) is 12.2. The minimum atomic E-state index is 0.833. The van der Waals surface area contributed by atoms with E-state index in [1.54, 1.807) is 7.17 Å². The van der Waals surface area contributed by atoms with Gasteiger partial charge in [0.1, 0.15) is 7.85 Å². The molecule has 77 valence electrons. The van der Waals surface area contributed by atoms with Crippen molar-refractivity contribution in [2.45, 2.75) is 13.8 Å². The zero-order valence-corrected chi connectivity index (χ0v) is 10.2. The van der Waals surface area contributed by atoms with Crippen LogP contribution in [0.1, 0.15) is 11.1 Å². The van der Waals surface area contributed by atoms with Crippen LogP contribution in [0.15, 0.2) is 36.4 Å². The molecule has 0 aliphatic rings. The summed E-state index contributed by atoms with van der Waals surface area (Å²) in [5.74, 6) is 0. The Labute approximate surface area is 106 Å². The molecule has 0 N–H and O–H groups in total. The predicted octanol–water partition coefficient (Wildman–Crippen LogP) is 1.18. The van der Waals surface area contributed by atoms with E-state index in [1.807, 2.05) is 38.1 Å². The number of hydrogen-bond donors (Lipinski definition) is 0. The van der Waals surface area contributed by atoms with Crippen LogP contribution in [0.25, 0.3) is 11.1 Å². The fourth-order valence-corrected chi connectivity index (χ4v) is 1.99. The monoisotopic (exact) mass is 213 g/mol. The third kappa shape index (κ3) is 2.19. The highest BCUT2D eigenvalue weighted by Crippen LogP contribution is 2.17. The number of hydrogen-bond acceptors (Lipinski definition) is 0. The van der Waals surface area contributed by atoms with Gasteiger partial charge in [0.25, 0.3) is 0 Å². The van der Waals surface area contributed by atoms with Crippen LogP contribution in [0.5, 0.6) is 0 Å². The molecule has 3 heteroatoms. The zero-order valence-electron chi connectivity index (χ0n) is 10.2. The van der Waals surface area contributed by atoms with E-state index >= 15 is 0 Å². The van der Waals surface area contributed by atoms with Crippen molar-refractivity contribution in [3.8, 4) is 11.1 Å². The Hall–Kier alpha value is -1.37. The van der Waals surface area contributed by atoms with E-state index in [9.17, 15) is 0 Å². The number of rotatable bonds is 2. The summed E-state index contributed by atoms with van der Waals surface area (Å²) in [6.07, 6.45) is 0. The lowest BCUT2D eigenvalue weighted by Crippen LogP contribution is -2.26. The molecule has 17 heavy (non-hydrogen) atoms. The van der Waals surface area contributed by atoms with Crippen molar-refractivity contribution in [1.82, 2.24) is 0 Å². The van der Waals surface area contributed by atoms with E-state index in [2.05, 4.69) is 12.1 Å². The van der Waals surface area contributed by atoms with Crippen LogP contribution in [0.3, 0.4) is 0 Å². The second-order valence-electron chi connectivity index (χ2n) is 4.21. The average Bonchev–Trinajstić information content (AvgIpc) is 2.37. The van der Waals surface area contributed by atoms with E-state index in [1.165, 1.54) is 0 Å². The molecular formula is C14H12B3. The molecule has 0 aliphatic carbocycles. The molecule has 5 radical (unpaired) electrons. The summed E-state index contributed by atoms with van der Waals surface area (Å²) in [7, 11) is 13.5. The first-order valence-electron chi connectivity index (χ1n) is 5.65. The maximum Gasteiger partial charge on any atom is 0.115 e. The fourth-order valence-electron chi connectivity index (χ4n) is 1.99. The van der Waals surface area contributed by atoms with Gasteiger partial charge >= 0.3 is 0 Å². The molecule has 0 saturated carbocycles. The summed E-state index contributed by atoms with van der Waals surface area (Å²) < 4.78 is 0. The second kappa shape index (κ2) is 4.87. The van der Waals surface area contributed by atoms with Gasteiger partial charge in [0, 0.05) is 7.74 Å². The summed E-state index contributed by atoms with van der Waals surface area (Å²) in [6.45, 7) is 4.07. The Morgan fingerprint density at radius 2 is 1.65 bits per heavy atom. The van der Waals surface area contributed by atoms with Crippen LogP contribution >= 0.6 is 0 Å². The summed E-state index contributed by atoms with van der Waals surface area (Å²) in [5, 5.41) is 0. The second-order valence-corrected chi connectivity index (χ2v) is 4.21. The van der Waals surface area contributed by atoms with Crippen LogP contribution < -0.4 is 10.9 Å². The van der Waals surface area contributed by atoms with Crippen molar-refractivity contribution in [3.63, 3.8) is 0 Å². The van der Waals surface area contributed by atoms with Crippen molar-refractivity contribution in [2.24, 2.45) is 0 Å². The molecule has 2 aromatic rings. The SMILES string of the molecule is [B][B]c1cc(-c2ccccc2)c([B])c(C)c1C. The Balaban J connectivity index is 2.67. The van der Waals surface area contributed by atoms with Gasteiger partial charge in [0.15, 0.2) is 0 Å². The summed E-state index contributed by atoms with van der Waals surface area (Å²) in [4.78, 5) is 0. The molecular weight excluding hydrogens is 201 g/mol. The molecule has 0 amide bonds. The minimum absolute atomic E-state index is 0.833. The van der Waals surface area contributed by atoms with E-state index in [-0.39, 0.29) is 0 Å². The highest BCUT2D eigenvalue weighted by atomic mass is 14.1. The van der Waals surface area contributed by atoms with Gasteiger partial charge < -0.3 is 0 Å². The molecule has 0 bridgehead atoms. The van der Waals surface area contributed by atoms with Crippen LogP contribution in [0, 0.1) is 13.8 Å². The van der Waals surface area contributed by atoms with Crippen LogP contribution in [0.4, 0.5) is 0 Å². The van der Waals surface area contributed by atoms with Gasteiger partial charge in [-0.1, -0.05) is 58.5 Å². The Morgan fingerprint density at radius 1 is 1.00 bits per heavy atom. The van der Waals surface area contributed by atoms with E-state index < -0.39 is 0 Å². The molecule has 0 heterocycles. The molecule has 0 fully saturated rings. The lowest BCUT2D eigenvalue weighted by atomic mass is 9.49. The molecule has 0 spiro atoms. The highest BCUT2D eigenvalue weighted by molar-refractivity contribution is 6.97. The van der Waals surface area contributed by atoms with Gasteiger partial charge in [-0.3, -0.25) is 0 Å². The summed E-state index contributed by atoms with van der Waals surface area (Å²) in [5.41, 5.74) is 6.28. The minimum Gasteiger partial charge on any atom is -0.0943 e. The van der Waals surface area contributed by atoms with E-state index in [4.69, 9.17) is 15.6 Å². The molecule has 0 aromatic heterocycles. The number of benzene rings is 2. The van der Waals surface area contributed by atoms with E-state index in [0.717, 1.165) is 33.2 Å². The first-order valence-corrected chi connectivity index (χ1v) is 5.65. The third-order valence-corrected chi connectivity index (χ3v) is 3.25. The molecule has 0 nitrogen and oxygen atoms in total. The van der Waals surface area contributed by atoms with Crippen molar-refractivity contribution in [1.29, 1.82) is 0 Å². The van der Waals surface area contributed by atoms with Gasteiger partial charge in [0.05, 0.1) is 7.17 Å². The Bertz CT molecular complexity index is 533. The molecule has 2 aromatic carbocycles. The van der Waals surface area contributed by atoms with Gasteiger partial charge in [-0.2, -0.15) is 0 Å². The van der Waals surface area contributed by atoms with Crippen molar-refractivity contribution >= 4 is 33.7 Å². The highest BCUT2D eigenvalue weighted by Gasteiger charge is 2.08. The molecule has 0 saturated heterocycles. The largest absolute Gasteiger partial charge is 0.115 e. The van der Waals surface area contributed by atoms with Crippen molar-refractivity contribution < 1.29 is 0 Å². The molecule has 0 unspecified atom stereocenters. The van der Waals surface area contributed by atoms with Gasteiger partial charge in [0.2, 0.25) is 0 Å². The lowest BCUT2D eigenvalue weighted by Gasteiger charge is -2.16. The smallest absolute Gasteiger partial charge is 0.0943 e. The normalized spacial score (nSPS) is 10.2. The first-order chi connectivity index (χ1) is 8.15. The molecule has 0 aliphatic heterocycles. The van der Waals surface area contributed by atoms with Crippen LogP contribution in [0.2, 0.25) is 0 Å². The van der Waals surface area contributed by atoms with Crippen molar-refractivity contribution in [3.05, 3.63) is 47.5 Å².